The van der Waals surface area contributed by atoms with Gasteiger partial charge in [0.2, 0.25) is 6.04 Å². The molecule has 5 nitrogen and oxygen atoms in total. The quantitative estimate of drug-likeness (QED) is 0.386. The number of allylic oxidation sites excluding steroid dienone is 1. The molecule has 0 aliphatic heterocycles. The van der Waals surface area contributed by atoms with Crippen molar-refractivity contribution in [1.29, 1.82) is 0 Å². The molecule has 0 N–H and O–H groups in total. The third-order valence-electron chi connectivity index (χ3n) is 4.89. The van der Waals surface area contributed by atoms with Crippen LogP contribution in [0, 0.1) is 10.1 Å². The second kappa shape index (κ2) is 8.48. The lowest BCUT2D eigenvalue weighted by Crippen LogP contribution is -2.39. The standard InChI is InChI=1S/C21H20BrNO4/c1-2-27-21(24)18-13-12-17(14-6-4-3-5-7-14)20(23(25)26)19(18)15-8-10-16(22)11-9-15/h3-11,13,17,19-20H,2,12H2,1H3/t17-,19-,20+/m0/s1. The second-order valence-corrected chi connectivity index (χ2v) is 7.35. The van der Waals surface area contributed by atoms with Gasteiger partial charge in [-0.05, 0) is 36.6 Å². The summed E-state index contributed by atoms with van der Waals surface area (Å²) in [5, 5.41) is 12.1. The Morgan fingerprint density at radius 2 is 1.81 bits per heavy atom. The molecular formula is C21H20BrNO4. The van der Waals surface area contributed by atoms with Crippen LogP contribution in [0.3, 0.4) is 0 Å². The number of benzene rings is 2. The fourth-order valence-electron chi connectivity index (χ4n) is 3.71. The summed E-state index contributed by atoms with van der Waals surface area (Å²) in [4.78, 5) is 24.4. The van der Waals surface area contributed by atoms with Crippen LogP contribution >= 0.6 is 15.9 Å². The Balaban J connectivity index is 2.12. The minimum Gasteiger partial charge on any atom is -0.463 e. The third kappa shape index (κ3) is 4.11. The van der Waals surface area contributed by atoms with E-state index < -0.39 is 17.9 Å². The van der Waals surface area contributed by atoms with Crippen LogP contribution in [-0.2, 0) is 9.53 Å². The highest BCUT2D eigenvalue weighted by atomic mass is 79.9. The fraction of sp³-hybridized carbons (Fsp3) is 0.286. The van der Waals surface area contributed by atoms with Gasteiger partial charge in [0.1, 0.15) is 0 Å². The number of nitro groups is 1. The molecule has 1 aliphatic rings. The lowest BCUT2D eigenvalue weighted by Gasteiger charge is -2.32. The van der Waals surface area contributed by atoms with Gasteiger partial charge in [-0.25, -0.2) is 4.79 Å². The van der Waals surface area contributed by atoms with E-state index in [4.69, 9.17) is 4.74 Å². The molecule has 0 unspecified atom stereocenters. The van der Waals surface area contributed by atoms with Crippen LogP contribution < -0.4 is 0 Å². The van der Waals surface area contributed by atoms with E-state index >= 15 is 0 Å². The first-order valence-electron chi connectivity index (χ1n) is 8.84. The van der Waals surface area contributed by atoms with Crippen LogP contribution in [-0.4, -0.2) is 23.5 Å². The molecule has 3 rings (SSSR count). The molecule has 0 radical (unpaired) electrons. The highest BCUT2D eigenvalue weighted by Gasteiger charge is 2.47. The minimum atomic E-state index is -0.946. The first-order valence-corrected chi connectivity index (χ1v) is 9.63. The molecule has 0 spiro atoms. The SMILES string of the molecule is CCOC(=O)C1=CC[C@@H](c2ccccc2)[C@@H]([N+](=O)[O-])[C@H]1c1ccc(Br)cc1. The van der Waals surface area contributed by atoms with Gasteiger partial charge in [-0.2, -0.15) is 0 Å². The van der Waals surface area contributed by atoms with Crippen LogP contribution in [0.2, 0.25) is 0 Å². The summed E-state index contributed by atoms with van der Waals surface area (Å²) in [6.07, 6.45) is 2.24. The molecule has 27 heavy (non-hydrogen) atoms. The van der Waals surface area contributed by atoms with E-state index in [9.17, 15) is 14.9 Å². The summed E-state index contributed by atoms with van der Waals surface area (Å²) >= 11 is 3.39. The number of carbonyl (C=O) groups excluding carboxylic acids is 1. The van der Waals surface area contributed by atoms with E-state index in [1.165, 1.54) is 0 Å². The second-order valence-electron chi connectivity index (χ2n) is 6.44. The Morgan fingerprint density at radius 3 is 2.41 bits per heavy atom. The first-order chi connectivity index (χ1) is 13.0. The van der Waals surface area contributed by atoms with E-state index in [1.54, 1.807) is 6.92 Å². The maximum absolute atomic E-state index is 12.5. The molecule has 6 heteroatoms. The molecule has 0 amide bonds. The van der Waals surface area contributed by atoms with Gasteiger partial charge in [0.25, 0.3) is 0 Å². The van der Waals surface area contributed by atoms with Gasteiger partial charge < -0.3 is 4.74 Å². The van der Waals surface area contributed by atoms with Gasteiger partial charge in [0.15, 0.2) is 0 Å². The van der Waals surface area contributed by atoms with E-state index in [-0.39, 0.29) is 17.4 Å². The number of hydrogen-bond donors (Lipinski definition) is 0. The Kier molecular flexibility index (Phi) is 6.06. The molecule has 140 valence electrons. The summed E-state index contributed by atoms with van der Waals surface area (Å²) in [7, 11) is 0. The Labute approximate surface area is 166 Å². The molecule has 0 heterocycles. The van der Waals surface area contributed by atoms with Crippen molar-refractivity contribution in [2.45, 2.75) is 31.2 Å². The molecule has 0 saturated heterocycles. The smallest absolute Gasteiger partial charge is 0.334 e. The van der Waals surface area contributed by atoms with E-state index in [2.05, 4.69) is 15.9 Å². The summed E-state index contributed by atoms with van der Waals surface area (Å²) in [5.74, 6) is -1.46. The van der Waals surface area contributed by atoms with Crippen molar-refractivity contribution >= 4 is 21.9 Å². The maximum atomic E-state index is 12.5. The maximum Gasteiger partial charge on any atom is 0.334 e. The normalized spacial score (nSPS) is 22.0. The molecule has 0 saturated carbocycles. The van der Waals surface area contributed by atoms with Gasteiger partial charge >= 0.3 is 5.97 Å². The molecule has 0 bridgehead atoms. The molecule has 0 aromatic heterocycles. The van der Waals surface area contributed by atoms with E-state index in [0.717, 1.165) is 15.6 Å². The van der Waals surface area contributed by atoms with Crippen molar-refractivity contribution in [3.63, 3.8) is 0 Å². The summed E-state index contributed by atoms with van der Waals surface area (Å²) in [6, 6.07) is 15.8. The topological polar surface area (TPSA) is 69.4 Å². The third-order valence-corrected chi connectivity index (χ3v) is 5.42. The number of esters is 1. The number of nitrogens with zero attached hydrogens (tertiary/aromatic N) is 1. The minimum absolute atomic E-state index is 0.231. The fourth-order valence-corrected chi connectivity index (χ4v) is 3.97. The molecule has 2 aromatic carbocycles. The Morgan fingerprint density at radius 1 is 1.15 bits per heavy atom. The molecule has 2 aromatic rings. The van der Waals surface area contributed by atoms with E-state index in [0.29, 0.717) is 12.0 Å². The highest BCUT2D eigenvalue weighted by Crippen LogP contribution is 2.43. The van der Waals surface area contributed by atoms with Crippen molar-refractivity contribution in [2.75, 3.05) is 6.61 Å². The largest absolute Gasteiger partial charge is 0.463 e. The molecule has 0 fully saturated rings. The molecule has 3 atom stereocenters. The first kappa shape index (κ1) is 19.3. The van der Waals surface area contributed by atoms with Gasteiger partial charge in [-0.1, -0.05) is 64.5 Å². The van der Waals surface area contributed by atoms with Gasteiger partial charge in [-0.15, -0.1) is 0 Å². The lowest BCUT2D eigenvalue weighted by atomic mass is 9.71. The average Bonchev–Trinajstić information content (AvgIpc) is 2.68. The van der Waals surface area contributed by atoms with Crippen molar-refractivity contribution in [2.24, 2.45) is 0 Å². The zero-order valence-electron chi connectivity index (χ0n) is 14.9. The van der Waals surface area contributed by atoms with Gasteiger partial charge in [0, 0.05) is 15.0 Å². The van der Waals surface area contributed by atoms with Crippen LogP contribution in [0.25, 0.3) is 0 Å². The highest BCUT2D eigenvalue weighted by molar-refractivity contribution is 9.10. The molecule has 1 aliphatic carbocycles. The number of hydrogen-bond acceptors (Lipinski definition) is 4. The van der Waals surface area contributed by atoms with Crippen molar-refractivity contribution < 1.29 is 14.5 Å². The van der Waals surface area contributed by atoms with Crippen LogP contribution in [0.4, 0.5) is 0 Å². The summed E-state index contributed by atoms with van der Waals surface area (Å²) in [6.45, 7) is 1.96. The van der Waals surface area contributed by atoms with Crippen molar-refractivity contribution in [1.82, 2.24) is 0 Å². The van der Waals surface area contributed by atoms with Gasteiger partial charge in [0.05, 0.1) is 18.4 Å². The summed E-state index contributed by atoms with van der Waals surface area (Å²) in [5.41, 5.74) is 2.01. The zero-order valence-corrected chi connectivity index (χ0v) is 16.5. The lowest BCUT2D eigenvalue weighted by molar-refractivity contribution is -0.530. The van der Waals surface area contributed by atoms with Crippen LogP contribution in [0.15, 0.2) is 70.7 Å². The van der Waals surface area contributed by atoms with Crippen LogP contribution in [0.1, 0.15) is 36.3 Å². The van der Waals surface area contributed by atoms with Crippen molar-refractivity contribution in [3.05, 3.63) is 92.0 Å². The predicted octanol–water partition coefficient (Wildman–Crippen LogP) is 4.86. The average molecular weight is 430 g/mol. The summed E-state index contributed by atoms with van der Waals surface area (Å²) < 4.78 is 6.06. The van der Waals surface area contributed by atoms with Crippen molar-refractivity contribution in [3.8, 4) is 0 Å². The van der Waals surface area contributed by atoms with E-state index in [1.807, 2.05) is 60.7 Å². The monoisotopic (exact) mass is 429 g/mol. The Hall–Kier alpha value is -2.47. The number of ether oxygens (including phenoxy) is 1. The number of rotatable bonds is 5. The zero-order chi connectivity index (χ0) is 19.4. The predicted molar refractivity (Wildman–Crippen MR) is 106 cm³/mol. The Bertz CT molecular complexity index is 848. The van der Waals surface area contributed by atoms with Gasteiger partial charge in [-0.3, -0.25) is 10.1 Å². The molecular weight excluding hydrogens is 410 g/mol. The number of carbonyl (C=O) groups is 1. The number of halogens is 1. The van der Waals surface area contributed by atoms with Crippen LogP contribution in [0.5, 0.6) is 0 Å².